The van der Waals surface area contributed by atoms with Crippen molar-refractivity contribution in [2.24, 2.45) is 11.3 Å². The monoisotopic (exact) mass is 368 g/mol. The van der Waals surface area contributed by atoms with Crippen LogP contribution >= 0.6 is 15.9 Å². The van der Waals surface area contributed by atoms with Crippen molar-refractivity contribution in [1.29, 1.82) is 0 Å². The van der Waals surface area contributed by atoms with Gasteiger partial charge in [-0.25, -0.2) is 0 Å². The van der Waals surface area contributed by atoms with Gasteiger partial charge in [0, 0.05) is 0 Å². The minimum absolute atomic E-state index is 0.238. The van der Waals surface area contributed by atoms with Gasteiger partial charge in [-0.1, -0.05) is 39.8 Å². The van der Waals surface area contributed by atoms with E-state index in [-0.39, 0.29) is 5.41 Å². The molecule has 124 valence electrons. The Bertz CT molecular complexity index is 520. The van der Waals surface area contributed by atoms with Crippen molar-refractivity contribution in [3.8, 4) is 11.5 Å². The van der Waals surface area contributed by atoms with Gasteiger partial charge in [-0.15, -0.1) is 0 Å². The summed E-state index contributed by atoms with van der Waals surface area (Å²) in [5, 5.41) is 10.2. The molecule has 1 N–H and O–H groups in total. The van der Waals surface area contributed by atoms with Crippen LogP contribution in [0.5, 0.6) is 11.5 Å². The van der Waals surface area contributed by atoms with Crippen LogP contribution in [0.15, 0.2) is 28.8 Å². The average molecular weight is 369 g/mol. The first kappa shape index (κ1) is 19.1. The standard InChI is InChI=1S/C17H23BrO2.C2H6/c1-11-6-5-7-17(2,3)13(11)8-12-9-16(20-4)14(18)10-15(12)19;1-2/h9-10,13,19H,1,5-8H2,2-4H3;1-2H3/t13-;/m1./s1. The maximum absolute atomic E-state index is 10.2. The van der Waals surface area contributed by atoms with E-state index in [2.05, 4.69) is 36.4 Å². The maximum atomic E-state index is 10.2. The molecule has 1 aliphatic carbocycles. The number of methoxy groups -OCH3 is 1. The number of hydrogen-bond acceptors (Lipinski definition) is 2. The Hall–Kier alpha value is -0.960. The predicted molar refractivity (Wildman–Crippen MR) is 97.7 cm³/mol. The van der Waals surface area contributed by atoms with E-state index in [0.717, 1.165) is 28.6 Å². The first-order chi connectivity index (χ1) is 10.3. The van der Waals surface area contributed by atoms with Crippen molar-refractivity contribution < 1.29 is 9.84 Å². The average Bonchev–Trinajstić information content (AvgIpc) is 2.47. The van der Waals surface area contributed by atoms with Crippen LogP contribution in [0.25, 0.3) is 0 Å². The number of phenolic OH excluding ortho intramolecular Hbond substituents is 1. The van der Waals surface area contributed by atoms with Crippen LogP contribution in [0, 0.1) is 11.3 Å². The third-order valence-corrected chi connectivity index (χ3v) is 5.15. The summed E-state index contributed by atoms with van der Waals surface area (Å²) in [6, 6.07) is 3.64. The normalized spacial score (nSPS) is 20.1. The van der Waals surface area contributed by atoms with Crippen LogP contribution in [-0.4, -0.2) is 12.2 Å². The summed E-state index contributed by atoms with van der Waals surface area (Å²) >= 11 is 3.40. The molecule has 0 bridgehead atoms. The van der Waals surface area contributed by atoms with Gasteiger partial charge < -0.3 is 9.84 Å². The zero-order chi connectivity index (χ0) is 16.9. The van der Waals surface area contributed by atoms with E-state index in [1.54, 1.807) is 13.2 Å². The van der Waals surface area contributed by atoms with Gasteiger partial charge in [-0.3, -0.25) is 0 Å². The molecular formula is C19H29BrO2. The molecule has 22 heavy (non-hydrogen) atoms. The fraction of sp³-hybridized carbons (Fsp3) is 0.579. The van der Waals surface area contributed by atoms with Crippen LogP contribution in [0.4, 0.5) is 0 Å². The number of allylic oxidation sites excluding steroid dienone is 1. The number of rotatable bonds is 3. The third kappa shape index (κ3) is 4.28. The smallest absolute Gasteiger partial charge is 0.133 e. The second-order valence-electron chi connectivity index (χ2n) is 6.37. The molecule has 1 saturated carbocycles. The Morgan fingerprint density at radius 1 is 1.36 bits per heavy atom. The number of aromatic hydroxyl groups is 1. The lowest BCUT2D eigenvalue weighted by Crippen LogP contribution is -2.31. The van der Waals surface area contributed by atoms with E-state index in [1.807, 2.05) is 19.9 Å². The van der Waals surface area contributed by atoms with Gasteiger partial charge in [0.15, 0.2) is 0 Å². The van der Waals surface area contributed by atoms with Gasteiger partial charge in [0.1, 0.15) is 11.5 Å². The molecule has 2 rings (SSSR count). The second kappa shape index (κ2) is 8.05. The Morgan fingerprint density at radius 2 is 2.00 bits per heavy atom. The number of hydrogen-bond donors (Lipinski definition) is 1. The molecule has 0 aromatic heterocycles. The van der Waals surface area contributed by atoms with Crippen molar-refractivity contribution in [3.05, 3.63) is 34.3 Å². The van der Waals surface area contributed by atoms with Gasteiger partial charge in [-0.2, -0.15) is 0 Å². The Labute approximate surface area is 143 Å². The highest BCUT2D eigenvalue weighted by Gasteiger charge is 2.35. The quantitative estimate of drug-likeness (QED) is 0.651. The Morgan fingerprint density at radius 3 is 2.55 bits per heavy atom. The highest BCUT2D eigenvalue weighted by atomic mass is 79.9. The van der Waals surface area contributed by atoms with E-state index in [9.17, 15) is 5.11 Å². The third-order valence-electron chi connectivity index (χ3n) is 4.53. The first-order valence-electron chi connectivity index (χ1n) is 8.08. The van der Waals surface area contributed by atoms with Crippen LogP contribution in [0.2, 0.25) is 0 Å². The molecule has 0 amide bonds. The maximum Gasteiger partial charge on any atom is 0.133 e. The number of phenols is 1. The van der Waals surface area contributed by atoms with Gasteiger partial charge in [0.2, 0.25) is 0 Å². The lowest BCUT2D eigenvalue weighted by Gasteiger charge is -2.40. The molecule has 0 unspecified atom stereocenters. The highest BCUT2D eigenvalue weighted by molar-refractivity contribution is 9.10. The van der Waals surface area contributed by atoms with E-state index >= 15 is 0 Å². The zero-order valence-corrected chi connectivity index (χ0v) is 16.1. The fourth-order valence-corrected chi connectivity index (χ4v) is 3.71. The molecule has 1 fully saturated rings. The van der Waals surface area contributed by atoms with Crippen LogP contribution in [0.3, 0.4) is 0 Å². The van der Waals surface area contributed by atoms with Crippen molar-refractivity contribution >= 4 is 15.9 Å². The summed E-state index contributed by atoms with van der Waals surface area (Å²) in [4.78, 5) is 0. The predicted octanol–water partition coefficient (Wildman–Crippen LogP) is 6.11. The molecule has 1 atom stereocenters. The molecule has 2 nitrogen and oxygen atoms in total. The molecule has 0 radical (unpaired) electrons. The van der Waals surface area contributed by atoms with Crippen LogP contribution in [-0.2, 0) is 6.42 Å². The topological polar surface area (TPSA) is 29.5 Å². The lowest BCUT2D eigenvalue weighted by atomic mass is 9.65. The fourth-order valence-electron chi connectivity index (χ4n) is 3.22. The minimum Gasteiger partial charge on any atom is -0.508 e. The molecule has 0 aliphatic heterocycles. The molecular weight excluding hydrogens is 340 g/mol. The Kier molecular flexibility index (Phi) is 6.98. The van der Waals surface area contributed by atoms with Crippen molar-refractivity contribution in [1.82, 2.24) is 0 Å². The summed E-state index contributed by atoms with van der Waals surface area (Å²) in [6.07, 6.45) is 4.35. The van der Waals surface area contributed by atoms with Crippen LogP contribution in [0.1, 0.15) is 52.5 Å². The summed E-state index contributed by atoms with van der Waals surface area (Å²) in [5.74, 6) is 1.50. The zero-order valence-electron chi connectivity index (χ0n) is 14.5. The van der Waals surface area contributed by atoms with Gasteiger partial charge >= 0.3 is 0 Å². The summed E-state index contributed by atoms with van der Waals surface area (Å²) in [7, 11) is 1.64. The Balaban J connectivity index is 0.00000116. The summed E-state index contributed by atoms with van der Waals surface area (Å²) in [5.41, 5.74) is 2.48. The first-order valence-corrected chi connectivity index (χ1v) is 8.87. The lowest BCUT2D eigenvalue weighted by molar-refractivity contribution is 0.188. The van der Waals surface area contributed by atoms with Crippen LogP contribution < -0.4 is 4.74 Å². The number of ether oxygens (including phenoxy) is 1. The van der Waals surface area contributed by atoms with E-state index in [0.29, 0.717) is 11.7 Å². The molecule has 0 heterocycles. The van der Waals surface area contributed by atoms with Gasteiger partial charge in [0.25, 0.3) is 0 Å². The van der Waals surface area contributed by atoms with Gasteiger partial charge in [0.05, 0.1) is 11.6 Å². The van der Waals surface area contributed by atoms with E-state index in [1.165, 1.54) is 18.4 Å². The summed E-state index contributed by atoms with van der Waals surface area (Å²) in [6.45, 7) is 12.9. The number of benzene rings is 1. The second-order valence-corrected chi connectivity index (χ2v) is 7.23. The number of halogens is 1. The largest absolute Gasteiger partial charge is 0.508 e. The molecule has 1 aromatic carbocycles. The van der Waals surface area contributed by atoms with E-state index in [4.69, 9.17) is 4.74 Å². The van der Waals surface area contributed by atoms with E-state index < -0.39 is 0 Å². The highest BCUT2D eigenvalue weighted by Crippen LogP contribution is 2.46. The minimum atomic E-state index is 0.238. The molecule has 1 aliphatic rings. The van der Waals surface area contributed by atoms with Gasteiger partial charge in [-0.05, 0) is 70.6 Å². The molecule has 0 spiro atoms. The van der Waals surface area contributed by atoms with Crippen molar-refractivity contribution in [3.63, 3.8) is 0 Å². The molecule has 1 aromatic rings. The SMILES string of the molecule is C=C1CCCC(C)(C)[C@@H]1Cc1cc(OC)c(Br)cc1O.CC. The van der Waals surface area contributed by atoms with Crippen molar-refractivity contribution in [2.45, 2.75) is 53.4 Å². The van der Waals surface area contributed by atoms with Crippen molar-refractivity contribution in [2.75, 3.05) is 7.11 Å². The summed E-state index contributed by atoms with van der Waals surface area (Å²) < 4.78 is 6.11. The molecule has 0 saturated heterocycles. The molecule has 3 heteroatoms.